The second-order valence-electron chi connectivity index (χ2n) is 11.6. The number of aryl methyl sites for hydroxylation is 2. The topological polar surface area (TPSA) is 108 Å². The van der Waals surface area contributed by atoms with Gasteiger partial charge >= 0.3 is 0 Å². The van der Waals surface area contributed by atoms with E-state index in [4.69, 9.17) is 0 Å². The monoisotopic (exact) mass is 515 g/mol. The molecule has 1 unspecified atom stereocenters. The van der Waals surface area contributed by atoms with Gasteiger partial charge in [0.15, 0.2) is 0 Å². The van der Waals surface area contributed by atoms with Gasteiger partial charge in [0.2, 0.25) is 5.91 Å². The highest BCUT2D eigenvalue weighted by atomic mass is 16.2. The number of hydrogen-bond acceptors (Lipinski definition) is 5. The van der Waals surface area contributed by atoms with Crippen molar-refractivity contribution in [3.05, 3.63) is 53.6 Å². The van der Waals surface area contributed by atoms with Gasteiger partial charge in [0, 0.05) is 48.7 Å². The van der Waals surface area contributed by atoms with Gasteiger partial charge in [-0.05, 0) is 88.1 Å². The molecule has 0 spiro atoms. The SMILES string of the molecule is Cc1n[nH]c(C)c1-c1ccc(NC(=O)C(NC(=O)c2ccnn2CC2CN(C)C2)C(C2CC2)C2CC2)cc1. The van der Waals surface area contributed by atoms with Gasteiger partial charge in [0.1, 0.15) is 11.7 Å². The summed E-state index contributed by atoms with van der Waals surface area (Å²) in [7, 11) is 2.10. The smallest absolute Gasteiger partial charge is 0.270 e. The standard InChI is InChI=1S/C29H37N7O2/c1-17-25(18(2)34-33-17)20-8-10-23(11-9-20)31-29(38)27(26(21-4-5-21)22-6-7-22)32-28(37)24-12-13-30-36(24)16-19-14-35(3)15-19/h8-13,19,21-22,26-27H,4-7,14-16H2,1-3H3,(H,31,38)(H,32,37)(H,33,34). The Hall–Kier alpha value is -3.46. The summed E-state index contributed by atoms with van der Waals surface area (Å²) in [5.41, 5.74) is 5.35. The Morgan fingerprint density at radius 3 is 2.32 bits per heavy atom. The molecule has 3 aromatic rings. The number of hydrogen-bond donors (Lipinski definition) is 3. The van der Waals surface area contributed by atoms with E-state index < -0.39 is 6.04 Å². The van der Waals surface area contributed by atoms with Crippen LogP contribution in [0, 0.1) is 37.5 Å². The van der Waals surface area contributed by atoms with Crippen molar-refractivity contribution >= 4 is 17.5 Å². The number of benzene rings is 1. The summed E-state index contributed by atoms with van der Waals surface area (Å²) in [5.74, 6) is 1.31. The molecule has 1 aliphatic heterocycles. The molecule has 0 bridgehead atoms. The predicted octanol–water partition coefficient (Wildman–Crippen LogP) is 3.62. The molecule has 2 aliphatic carbocycles. The molecular weight excluding hydrogens is 478 g/mol. The maximum absolute atomic E-state index is 13.7. The number of nitrogens with one attached hydrogen (secondary N) is 3. The fourth-order valence-electron chi connectivity index (χ4n) is 6.22. The lowest BCUT2D eigenvalue weighted by atomic mass is 9.88. The molecule has 1 atom stereocenters. The van der Waals surface area contributed by atoms with Crippen molar-refractivity contribution in [3.63, 3.8) is 0 Å². The van der Waals surface area contributed by atoms with Gasteiger partial charge in [0.25, 0.3) is 5.91 Å². The number of anilines is 1. The Bertz CT molecular complexity index is 1280. The van der Waals surface area contributed by atoms with Crippen molar-refractivity contribution in [1.29, 1.82) is 0 Å². The maximum Gasteiger partial charge on any atom is 0.270 e. The molecule has 2 saturated carbocycles. The van der Waals surface area contributed by atoms with Gasteiger partial charge in [-0.3, -0.25) is 19.4 Å². The van der Waals surface area contributed by atoms with Crippen LogP contribution in [0.3, 0.4) is 0 Å². The number of aromatic nitrogens is 4. The molecule has 38 heavy (non-hydrogen) atoms. The Balaban J connectivity index is 1.19. The molecule has 200 valence electrons. The molecular formula is C29H37N7O2. The summed E-state index contributed by atoms with van der Waals surface area (Å²) in [5, 5.41) is 18.0. The largest absolute Gasteiger partial charge is 0.339 e. The number of carbonyl (C=O) groups is 2. The Kier molecular flexibility index (Phi) is 6.55. The Morgan fingerprint density at radius 1 is 1.05 bits per heavy atom. The van der Waals surface area contributed by atoms with E-state index >= 15 is 0 Å². The number of rotatable bonds is 10. The number of likely N-dealkylation sites (tertiary alicyclic amines) is 1. The first kappa shape index (κ1) is 24.9. The molecule has 9 heteroatoms. The van der Waals surface area contributed by atoms with Crippen LogP contribution in [0.25, 0.3) is 11.1 Å². The minimum atomic E-state index is -0.571. The zero-order valence-corrected chi connectivity index (χ0v) is 22.4. The van der Waals surface area contributed by atoms with E-state index in [1.807, 2.05) is 38.1 Å². The third-order valence-corrected chi connectivity index (χ3v) is 8.38. The van der Waals surface area contributed by atoms with E-state index in [9.17, 15) is 9.59 Å². The van der Waals surface area contributed by atoms with Crippen LogP contribution < -0.4 is 10.6 Å². The van der Waals surface area contributed by atoms with Crippen LogP contribution in [0.1, 0.15) is 47.6 Å². The van der Waals surface area contributed by atoms with Crippen LogP contribution in [-0.4, -0.2) is 62.9 Å². The summed E-state index contributed by atoms with van der Waals surface area (Å²) < 4.78 is 1.80. The molecule has 6 rings (SSSR count). The van der Waals surface area contributed by atoms with E-state index in [0.717, 1.165) is 67.0 Å². The molecule has 2 aromatic heterocycles. The lowest BCUT2D eigenvalue weighted by Crippen LogP contribution is -2.50. The maximum atomic E-state index is 13.7. The third-order valence-electron chi connectivity index (χ3n) is 8.38. The zero-order valence-electron chi connectivity index (χ0n) is 22.4. The van der Waals surface area contributed by atoms with E-state index in [1.54, 1.807) is 16.9 Å². The lowest BCUT2D eigenvalue weighted by Gasteiger charge is -2.36. The minimum absolute atomic E-state index is 0.141. The van der Waals surface area contributed by atoms with Crippen molar-refractivity contribution in [1.82, 2.24) is 30.2 Å². The van der Waals surface area contributed by atoms with Crippen LogP contribution >= 0.6 is 0 Å². The predicted molar refractivity (Wildman–Crippen MR) is 146 cm³/mol. The summed E-state index contributed by atoms with van der Waals surface area (Å²) in [6, 6.07) is 9.04. The average molecular weight is 516 g/mol. The lowest BCUT2D eigenvalue weighted by molar-refractivity contribution is -0.119. The zero-order chi connectivity index (χ0) is 26.4. The molecule has 3 aliphatic rings. The van der Waals surface area contributed by atoms with E-state index in [1.165, 1.54) is 0 Å². The number of aromatic amines is 1. The fourth-order valence-corrected chi connectivity index (χ4v) is 6.22. The summed E-state index contributed by atoms with van der Waals surface area (Å²) in [6.07, 6.45) is 6.20. The molecule has 3 fully saturated rings. The molecule has 3 N–H and O–H groups in total. The van der Waals surface area contributed by atoms with Crippen LogP contribution in [0.2, 0.25) is 0 Å². The van der Waals surface area contributed by atoms with Crippen LogP contribution in [0.4, 0.5) is 5.69 Å². The normalized spacial score (nSPS) is 18.8. The van der Waals surface area contributed by atoms with E-state index in [0.29, 0.717) is 30.0 Å². The van der Waals surface area contributed by atoms with Gasteiger partial charge in [-0.25, -0.2) is 0 Å². The van der Waals surface area contributed by atoms with Crippen LogP contribution in [0.5, 0.6) is 0 Å². The Morgan fingerprint density at radius 2 is 1.74 bits per heavy atom. The van der Waals surface area contributed by atoms with Crippen molar-refractivity contribution in [2.24, 2.45) is 23.7 Å². The second kappa shape index (κ2) is 10.0. The number of amides is 2. The van der Waals surface area contributed by atoms with Gasteiger partial charge in [-0.2, -0.15) is 10.2 Å². The van der Waals surface area contributed by atoms with E-state index in [2.05, 4.69) is 37.9 Å². The number of carbonyl (C=O) groups excluding carboxylic acids is 2. The highest BCUT2D eigenvalue weighted by molar-refractivity contribution is 6.01. The molecule has 2 amide bonds. The average Bonchev–Trinajstić information content (AvgIpc) is 3.81. The van der Waals surface area contributed by atoms with Gasteiger partial charge in [-0.15, -0.1) is 0 Å². The minimum Gasteiger partial charge on any atom is -0.339 e. The Labute approximate surface area is 223 Å². The number of H-pyrrole nitrogens is 1. The van der Waals surface area contributed by atoms with Crippen molar-refractivity contribution in [2.75, 3.05) is 25.5 Å². The molecule has 3 heterocycles. The van der Waals surface area contributed by atoms with E-state index in [-0.39, 0.29) is 17.7 Å². The van der Waals surface area contributed by atoms with Crippen molar-refractivity contribution in [2.45, 2.75) is 52.1 Å². The third kappa shape index (κ3) is 5.12. The first-order valence-corrected chi connectivity index (χ1v) is 13.8. The first-order valence-electron chi connectivity index (χ1n) is 13.8. The van der Waals surface area contributed by atoms with Crippen LogP contribution in [0.15, 0.2) is 36.5 Å². The highest BCUT2D eigenvalue weighted by Crippen LogP contribution is 2.51. The molecule has 9 nitrogen and oxygen atoms in total. The van der Waals surface area contributed by atoms with Crippen molar-refractivity contribution < 1.29 is 9.59 Å². The molecule has 1 aromatic carbocycles. The van der Waals surface area contributed by atoms with Crippen LogP contribution in [-0.2, 0) is 11.3 Å². The first-order chi connectivity index (χ1) is 18.4. The highest BCUT2D eigenvalue weighted by Gasteiger charge is 2.48. The quantitative estimate of drug-likeness (QED) is 0.382. The van der Waals surface area contributed by atoms with Gasteiger partial charge in [-0.1, -0.05) is 12.1 Å². The van der Waals surface area contributed by atoms with Gasteiger partial charge in [0.05, 0.1) is 5.69 Å². The van der Waals surface area contributed by atoms with Gasteiger partial charge < -0.3 is 15.5 Å². The number of nitrogens with zero attached hydrogens (tertiary/aromatic N) is 4. The van der Waals surface area contributed by atoms with Crippen molar-refractivity contribution in [3.8, 4) is 11.1 Å². The second-order valence-corrected chi connectivity index (χ2v) is 11.6. The molecule has 1 saturated heterocycles. The summed E-state index contributed by atoms with van der Waals surface area (Å²) in [6.45, 7) is 6.72. The fraction of sp³-hybridized carbons (Fsp3) is 0.517. The molecule has 0 radical (unpaired) electrons. The summed E-state index contributed by atoms with van der Waals surface area (Å²) >= 11 is 0. The summed E-state index contributed by atoms with van der Waals surface area (Å²) in [4.78, 5) is 29.5.